The molecule has 3 aromatic carbocycles. The zero-order valence-corrected chi connectivity index (χ0v) is 28.2. The molecule has 1 aromatic heterocycles. The summed E-state index contributed by atoms with van der Waals surface area (Å²) in [6.07, 6.45) is 4.65. The van der Waals surface area contributed by atoms with Crippen LogP contribution in [0.15, 0.2) is 65.2 Å². The number of nitrogens with zero attached hydrogens (tertiary/aromatic N) is 2. The van der Waals surface area contributed by atoms with E-state index in [9.17, 15) is 18.4 Å². The van der Waals surface area contributed by atoms with Crippen molar-refractivity contribution in [1.29, 1.82) is 0 Å². The van der Waals surface area contributed by atoms with E-state index >= 15 is 0 Å². The van der Waals surface area contributed by atoms with Crippen LogP contribution in [0.4, 0.5) is 8.78 Å². The lowest BCUT2D eigenvalue weighted by Crippen LogP contribution is -2.47. The molecule has 8 nitrogen and oxygen atoms in total. The quantitative estimate of drug-likeness (QED) is 0.149. The summed E-state index contributed by atoms with van der Waals surface area (Å²) in [6.45, 7) is 2.26. The average molecular weight is 710 g/mol. The van der Waals surface area contributed by atoms with Gasteiger partial charge in [-0.05, 0) is 91.6 Å². The summed E-state index contributed by atoms with van der Waals surface area (Å²) < 4.78 is 39.4. The van der Waals surface area contributed by atoms with Crippen LogP contribution in [0.2, 0.25) is 10.0 Å². The molecule has 1 saturated heterocycles. The molecule has 0 unspecified atom stereocenters. The van der Waals surface area contributed by atoms with E-state index in [2.05, 4.69) is 15.8 Å². The fourth-order valence-corrected chi connectivity index (χ4v) is 6.88. The molecule has 2 amide bonds. The fraction of sp³-hybridized carbons (Fsp3) is 0.378. The lowest BCUT2D eigenvalue weighted by atomic mass is 9.80. The van der Waals surface area contributed by atoms with Gasteiger partial charge in [-0.1, -0.05) is 52.6 Å². The number of rotatable bonds is 12. The van der Waals surface area contributed by atoms with Gasteiger partial charge in [0.25, 0.3) is 0 Å². The van der Waals surface area contributed by atoms with Gasteiger partial charge >= 0.3 is 0 Å². The Hall–Kier alpha value is -3.99. The SMILES string of the molecule is O=C(NCc1ccc(Cl)c(CN(C(=O)[C@H]2CNCC[C@@H]2c2ccc(OCc3cc(-c4c(F)ccc(F)c4Cl)no3)cc2)C2CC2)c1)C1CC1. The van der Waals surface area contributed by atoms with Gasteiger partial charge in [-0.15, -0.1) is 0 Å². The van der Waals surface area contributed by atoms with Gasteiger partial charge in [0.05, 0.1) is 16.5 Å². The lowest BCUT2D eigenvalue weighted by Gasteiger charge is -2.36. The molecule has 0 spiro atoms. The van der Waals surface area contributed by atoms with Crippen LogP contribution >= 0.6 is 23.2 Å². The van der Waals surface area contributed by atoms with E-state index in [0.717, 1.165) is 67.5 Å². The third kappa shape index (κ3) is 7.77. The number of piperidine rings is 1. The second kappa shape index (κ2) is 14.5. The Bertz CT molecular complexity index is 1840. The van der Waals surface area contributed by atoms with E-state index in [1.54, 1.807) is 0 Å². The maximum absolute atomic E-state index is 14.3. The minimum absolute atomic E-state index is 0.0162. The first kappa shape index (κ1) is 33.5. The molecule has 4 aromatic rings. The number of nitrogens with one attached hydrogen (secondary N) is 2. The Morgan fingerprint density at radius 1 is 0.980 bits per heavy atom. The van der Waals surface area contributed by atoms with E-state index in [4.69, 9.17) is 32.5 Å². The smallest absolute Gasteiger partial charge is 0.228 e. The molecule has 2 saturated carbocycles. The maximum Gasteiger partial charge on any atom is 0.228 e. The van der Waals surface area contributed by atoms with Crippen molar-refractivity contribution in [1.82, 2.24) is 20.7 Å². The second-order valence-corrected chi connectivity index (χ2v) is 13.9. The molecule has 2 heterocycles. The highest BCUT2D eigenvalue weighted by Gasteiger charge is 2.40. The minimum Gasteiger partial charge on any atom is -0.486 e. The Morgan fingerprint density at radius 3 is 2.51 bits per heavy atom. The molecule has 3 aliphatic rings. The second-order valence-electron chi connectivity index (χ2n) is 13.1. The van der Waals surface area contributed by atoms with Crippen LogP contribution in [0.1, 0.15) is 60.5 Å². The van der Waals surface area contributed by atoms with Crippen molar-refractivity contribution >= 4 is 35.0 Å². The van der Waals surface area contributed by atoms with Crippen molar-refractivity contribution in [3.63, 3.8) is 0 Å². The van der Waals surface area contributed by atoms with Crippen LogP contribution in [0.5, 0.6) is 5.75 Å². The standard InChI is InChI=1S/C37H36Cl2F2N4O4/c38-30-10-1-21(17-43-36(46)23-2-3-23)15-24(30)19-45(25-6-7-25)37(47)29-18-42-14-13-28(29)22-4-8-26(9-5-22)48-20-27-16-33(44-49-27)34-31(40)11-12-32(41)35(34)39/h1,4-5,8-12,15-16,23,25,28-29,42H,2-3,6-7,13-14,17-20H2,(H,43,46)/t28-,29+/m1/s1. The molecule has 3 fully saturated rings. The number of carbonyl (C=O) groups is 2. The molecule has 7 rings (SSSR count). The zero-order valence-electron chi connectivity index (χ0n) is 26.7. The molecule has 1 aliphatic heterocycles. The van der Waals surface area contributed by atoms with Gasteiger partial charge in [-0.25, -0.2) is 8.78 Å². The van der Waals surface area contributed by atoms with Crippen LogP contribution in [0.3, 0.4) is 0 Å². The van der Waals surface area contributed by atoms with Crippen molar-refractivity contribution < 1.29 is 27.6 Å². The topological polar surface area (TPSA) is 96.7 Å². The highest BCUT2D eigenvalue weighted by molar-refractivity contribution is 6.33. The number of aromatic nitrogens is 1. The highest BCUT2D eigenvalue weighted by Crippen LogP contribution is 2.38. The van der Waals surface area contributed by atoms with E-state index in [1.807, 2.05) is 47.4 Å². The van der Waals surface area contributed by atoms with Gasteiger partial charge in [-0.2, -0.15) is 0 Å². The first-order chi connectivity index (χ1) is 23.7. The van der Waals surface area contributed by atoms with Gasteiger partial charge in [0.1, 0.15) is 29.7 Å². The van der Waals surface area contributed by atoms with E-state index < -0.39 is 11.6 Å². The van der Waals surface area contributed by atoms with Crippen molar-refractivity contribution in [2.24, 2.45) is 11.8 Å². The number of benzene rings is 3. The minimum atomic E-state index is -0.752. The number of carbonyl (C=O) groups excluding carboxylic acids is 2. The fourth-order valence-electron chi connectivity index (χ4n) is 6.45. The van der Waals surface area contributed by atoms with E-state index in [0.29, 0.717) is 36.2 Å². The van der Waals surface area contributed by atoms with Crippen LogP contribution < -0.4 is 15.4 Å². The van der Waals surface area contributed by atoms with Crippen LogP contribution in [0, 0.1) is 23.5 Å². The van der Waals surface area contributed by atoms with Gasteiger partial charge in [0, 0.05) is 42.7 Å². The predicted octanol–water partition coefficient (Wildman–Crippen LogP) is 7.42. The summed E-state index contributed by atoms with van der Waals surface area (Å²) in [5.74, 6) is -0.441. The average Bonchev–Trinajstić information content (AvgIpc) is 4.06. The summed E-state index contributed by atoms with van der Waals surface area (Å²) >= 11 is 12.6. The van der Waals surface area contributed by atoms with E-state index in [1.165, 1.54) is 6.07 Å². The maximum atomic E-state index is 14.3. The largest absolute Gasteiger partial charge is 0.486 e. The normalized spacial score (nSPS) is 19.0. The molecule has 2 aliphatic carbocycles. The predicted molar refractivity (Wildman–Crippen MR) is 181 cm³/mol. The number of hydrogen-bond acceptors (Lipinski definition) is 6. The third-order valence-electron chi connectivity index (χ3n) is 9.48. The van der Waals surface area contributed by atoms with Gasteiger partial charge in [-0.3, -0.25) is 9.59 Å². The Labute approximate surface area is 293 Å². The Balaban J connectivity index is 1.00. The summed E-state index contributed by atoms with van der Waals surface area (Å²) in [5, 5.41) is 10.5. The summed E-state index contributed by atoms with van der Waals surface area (Å²) in [4.78, 5) is 28.4. The Kier molecular flexibility index (Phi) is 9.89. The van der Waals surface area contributed by atoms with Crippen LogP contribution in [-0.4, -0.2) is 41.0 Å². The van der Waals surface area contributed by atoms with Gasteiger partial charge < -0.3 is 24.8 Å². The number of hydrogen-bond donors (Lipinski definition) is 2. The Morgan fingerprint density at radius 2 is 1.76 bits per heavy atom. The summed E-state index contributed by atoms with van der Waals surface area (Å²) in [6, 6.07) is 17.0. The number of halogens is 4. The molecule has 2 atom stereocenters. The van der Waals surface area contributed by atoms with Crippen molar-refractivity contribution in [2.45, 2.75) is 63.8 Å². The molecule has 2 N–H and O–H groups in total. The third-order valence-corrected chi connectivity index (χ3v) is 10.2. The molecule has 0 bridgehead atoms. The molecular weight excluding hydrogens is 673 g/mol. The molecule has 0 radical (unpaired) electrons. The van der Waals surface area contributed by atoms with Crippen LogP contribution in [-0.2, 0) is 29.3 Å². The number of ether oxygens (including phenoxy) is 1. The van der Waals surface area contributed by atoms with Gasteiger partial charge in [0.2, 0.25) is 11.8 Å². The molecule has 49 heavy (non-hydrogen) atoms. The molecule has 12 heteroatoms. The summed E-state index contributed by atoms with van der Waals surface area (Å²) in [7, 11) is 0. The lowest BCUT2D eigenvalue weighted by molar-refractivity contribution is -0.138. The highest BCUT2D eigenvalue weighted by atomic mass is 35.5. The van der Waals surface area contributed by atoms with E-state index in [-0.39, 0.29) is 58.5 Å². The number of amides is 2. The van der Waals surface area contributed by atoms with Gasteiger partial charge in [0.15, 0.2) is 5.76 Å². The molecular formula is C37H36Cl2F2N4O4. The first-order valence-electron chi connectivity index (χ1n) is 16.6. The summed E-state index contributed by atoms with van der Waals surface area (Å²) in [5.41, 5.74) is 2.80. The van der Waals surface area contributed by atoms with Crippen molar-refractivity contribution in [2.75, 3.05) is 13.1 Å². The monoisotopic (exact) mass is 708 g/mol. The molecule has 256 valence electrons. The van der Waals surface area contributed by atoms with Crippen molar-refractivity contribution in [3.8, 4) is 17.0 Å². The first-order valence-corrected chi connectivity index (χ1v) is 17.4. The van der Waals surface area contributed by atoms with Crippen molar-refractivity contribution in [3.05, 3.63) is 105 Å². The zero-order chi connectivity index (χ0) is 34.1. The van der Waals surface area contributed by atoms with Crippen LogP contribution in [0.25, 0.3) is 11.3 Å².